The van der Waals surface area contributed by atoms with Crippen LogP contribution >= 0.6 is 0 Å². The fourth-order valence-electron chi connectivity index (χ4n) is 2.79. The number of hydrogen-bond donors (Lipinski definition) is 2. The van der Waals surface area contributed by atoms with E-state index in [9.17, 15) is 4.79 Å². The number of hydrogen-bond acceptors (Lipinski definition) is 3. The SMILES string of the molecule is O=C(Nc1cc(C2CCCCCC2)[nH]n1)c1ccco1. The molecule has 0 spiro atoms. The normalized spacial score (nSPS) is 16.8. The maximum atomic E-state index is 11.9. The second-order valence-corrected chi connectivity index (χ2v) is 5.33. The summed E-state index contributed by atoms with van der Waals surface area (Å²) in [5.41, 5.74) is 1.13. The summed E-state index contributed by atoms with van der Waals surface area (Å²) < 4.78 is 5.06. The zero-order valence-corrected chi connectivity index (χ0v) is 11.4. The predicted molar refractivity (Wildman–Crippen MR) is 75.7 cm³/mol. The molecule has 1 aliphatic rings. The lowest BCUT2D eigenvalue weighted by Gasteiger charge is -2.10. The fourth-order valence-corrected chi connectivity index (χ4v) is 2.79. The summed E-state index contributed by atoms with van der Waals surface area (Å²) in [5, 5.41) is 9.98. The van der Waals surface area contributed by atoms with Crippen molar-refractivity contribution in [2.75, 3.05) is 5.32 Å². The minimum Gasteiger partial charge on any atom is -0.459 e. The second-order valence-electron chi connectivity index (χ2n) is 5.33. The Morgan fingerprint density at radius 3 is 2.80 bits per heavy atom. The molecule has 0 atom stereocenters. The maximum Gasteiger partial charge on any atom is 0.292 e. The van der Waals surface area contributed by atoms with Crippen LogP contribution in [0.2, 0.25) is 0 Å². The van der Waals surface area contributed by atoms with Gasteiger partial charge in [-0.2, -0.15) is 5.10 Å². The van der Waals surface area contributed by atoms with Crippen molar-refractivity contribution in [1.29, 1.82) is 0 Å². The first-order chi connectivity index (χ1) is 9.83. The largest absolute Gasteiger partial charge is 0.459 e. The number of amides is 1. The molecule has 1 amide bonds. The molecule has 0 saturated heterocycles. The van der Waals surface area contributed by atoms with Crippen molar-refractivity contribution in [3.05, 3.63) is 35.9 Å². The lowest BCUT2D eigenvalue weighted by molar-refractivity contribution is 0.0996. The van der Waals surface area contributed by atoms with Crippen molar-refractivity contribution in [2.24, 2.45) is 0 Å². The van der Waals surface area contributed by atoms with Crippen molar-refractivity contribution < 1.29 is 9.21 Å². The van der Waals surface area contributed by atoms with Crippen molar-refractivity contribution in [1.82, 2.24) is 10.2 Å². The highest BCUT2D eigenvalue weighted by Crippen LogP contribution is 2.31. The number of nitrogens with zero attached hydrogens (tertiary/aromatic N) is 1. The van der Waals surface area contributed by atoms with Crippen LogP contribution in [0.4, 0.5) is 5.82 Å². The zero-order valence-electron chi connectivity index (χ0n) is 11.4. The monoisotopic (exact) mass is 273 g/mol. The van der Waals surface area contributed by atoms with Crippen molar-refractivity contribution in [3.8, 4) is 0 Å². The van der Waals surface area contributed by atoms with Crippen LogP contribution in [0.25, 0.3) is 0 Å². The first kappa shape index (κ1) is 13.0. The van der Waals surface area contributed by atoms with Crippen LogP contribution in [0, 0.1) is 0 Å². The van der Waals surface area contributed by atoms with Crippen molar-refractivity contribution in [2.45, 2.75) is 44.4 Å². The molecular formula is C15H19N3O2. The molecule has 2 heterocycles. The highest BCUT2D eigenvalue weighted by atomic mass is 16.3. The first-order valence-electron chi connectivity index (χ1n) is 7.23. The van der Waals surface area contributed by atoms with E-state index in [-0.39, 0.29) is 5.91 Å². The van der Waals surface area contributed by atoms with Gasteiger partial charge in [-0.25, -0.2) is 0 Å². The number of rotatable bonds is 3. The maximum absolute atomic E-state index is 11.9. The highest BCUT2D eigenvalue weighted by molar-refractivity contribution is 6.01. The number of carbonyl (C=O) groups is 1. The lowest BCUT2D eigenvalue weighted by Crippen LogP contribution is -2.10. The van der Waals surface area contributed by atoms with E-state index in [1.54, 1.807) is 12.1 Å². The standard InChI is InChI=1S/C15H19N3O2/c19-15(13-8-5-9-20-13)16-14-10-12(17-18-14)11-6-3-1-2-4-7-11/h5,8-11H,1-4,6-7H2,(H2,16,17,18,19). The average Bonchev–Trinajstić information content (AvgIpc) is 3.06. The van der Waals surface area contributed by atoms with Crippen LogP contribution in [0.1, 0.15) is 60.7 Å². The van der Waals surface area contributed by atoms with Gasteiger partial charge in [-0.3, -0.25) is 9.89 Å². The Kier molecular flexibility index (Phi) is 3.85. The molecule has 2 N–H and O–H groups in total. The van der Waals surface area contributed by atoms with Gasteiger partial charge in [0.05, 0.1) is 6.26 Å². The average molecular weight is 273 g/mol. The summed E-state index contributed by atoms with van der Waals surface area (Å²) in [4.78, 5) is 11.9. The quantitative estimate of drug-likeness (QED) is 0.838. The van der Waals surface area contributed by atoms with Gasteiger partial charge in [0.2, 0.25) is 0 Å². The Bertz CT molecular complexity index is 551. The fraction of sp³-hybridized carbons (Fsp3) is 0.467. The van der Waals surface area contributed by atoms with Gasteiger partial charge in [0.15, 0.2) is 11.6 Å². The summed E-state index contributed by atoms with van der Waals surface area (Å²) in [6.07, 6.45) is 9.09. The van der Waals surface area contributed by atoms with Crippen molar-refractivity contribution in [3.63, 3.8) is 0 Å². The Morgan fingerprint density at radius 2 is 2.10 bits per heavy atom. The zero-order chi connectivity index (χ0) is 13.8. The van der Waals surface area contributed by atoms with E-state index >= 15 is 0 Å². The molecule has 5 nitrogen and oxygen atoms in total. The third-order valence-corrected chi connectivity index (χ3v) is 3.88. The molecule has 5 heteroatoms. The Hall–Kier alpha value is -2.04. The van der Waals surface area contributed by atoms with E-state index in [1.807, 2.05) is 6.07 Å². The summed E-state index contributed by atoms with van der Waals surface area (Å²) in [7, 11) is 0. The van der Waals surface area contributed by atoms with E-state index in [1.165, 1.54) is 44.8 Å². The number of carbonyl (C=O) groups excluding carboxylic acids is 1. The van der Waals surface area contributed by atoms with Crippen LogP contribution in [-0.2, 0) is 0 Å². The Morgan fingerprint density at radius 1 is 1.30 bits per heavy atom. The molecule has 106 valence electrons. The number of aromatic amines is 1. The number of aromatic nitrogens is 2. The second kappa shape index (κ2) is 5.94. The van der Waals surface area contributed by atoms with Gasteiger partial charge < -0.3 is 9.73 Å². The molecular weight excluding hydrogens is 254 g/mol. The van der Waals surface area contributed by atoms with Gasteiger partial charge in [-0.05, 0) is 25.0 Å². The van der Waals surface area contributed by atoms with E-state index in [4.69, 9.17) is 4.42 Å². The molecule has 0 radical (unpaired) electrons. The summed E-state index contributed by atoms with van der Waals surface area (Å²) in [6.45, 7) is 0. The molecule has 2 aromatic rings. The molecule has 0 aliphatic heterocycles. The molecule has 1 saturated carbocycles. The van der Waals surface area contributed by atoms with Crippen LogP contribution in [-0.4, -0.2) is 16.1 Å². The minimum absolute atomic E-state index is 0.270. The predicted octanol–water partition coefficient (Wildman–Crippen LogP) is 3.69. The van der Waals surface area contributed by atoms with Gasteiger partial charge in [-0.1, -0.05) is 25.7 Å². The lowest BCUT2D eigenvalue weighted by atomic mass is 9.97. The third kappa shape index (κ3) is 2.92. The van der Waals surface area contributed by atoms with E-state index in [2.05, 4.69) is 15.5 Å². The number of anilines is 1. The molecule has 0 aromatic carbocycles. The van der Waals surface area contributed by atoms with Gasteiger partial charge in [0, 0.05) is 17.7 Å². The van der Waals surface area contributed by atoms with Gasteiger partial charge in [0.1, 0.15) is 0 Å². The van der Waals surface area contributed by atoms with Gasteiger partial charge in [0.25, 0.3) is 5.91 Å². The summed E-state index contributed by atoms with van der Waals surface area (Å²) in [5.74, 6) is 1.13. The number of nitrogens with one attached hydrogen (secondary N) is 2. The van der Waals surface area contributed by atoms with Gasteiger partial charge >= 0.3 is 0 Å². The first-order valence-corrected chi connectivity index (χ1v) is 7.23. The Balaban J connectivity index is 1.65. The molecule has 0 unspecified atom stereocenters. The molecule has 1 fully saturated rings. The number of furan rings is 1. The molecule has 2 aromatic heterocycles. The highest BCUT2D eigenvalue weighted by Gasteiger charge is 2.18. The van der Waals surface area contributed by atoms with E-state index in [0.717, 1.165) is 5.69 Å². The van der Waals surface area contributed by atoms with Crippen LogP contribution in [0.15, 0.2) is 28.9 Å². The third-order valence-electron chi connectivity index (χ3n) is 3.88. The number of H-pyrrole nitrogens is 1. The molecule has 20 heavy (non-hydrogen) atoms. The summed E-state index contributed by atoms with van der Waals surface area (Å²) in [6, 6.07) is 5.27. The minimum atomic E-state index is -0.270. The van der Waals surface area contributed by atoms with Crippen LogP contribution < -0.4 is 5.32 Å². The van der Waals surface area contributed by atoms with E-state index in [0.29, 0.717) is 17.5 Å². The van der Waals surface area contributed by atoms with E-state index < -0.39 is 0 Å². The smallest absolute Gasteiger partial charge is 0.292 e. The molecule has 3 rings (SSSR count). The topological polar surface area (TPSA) is 70.9 Å². The molecule has 1 aliphatic carbocycles. The Labute approximate surface area is 117 Å². The van der Waals surface area contributed by atoms with Gasteiger partial charge in [-0.15, -0.1) is 0 Å². The summed E-state index contributed by atoms with van der Waals surface area (Å²) >= 11 is 0. The molecule has 0 bridgehead atoms. The van der Waals surface area contributed by atoms with Crippen LogP contribution in [0.5, 0.6) is 0 Å². The van der Waals surface area contributed by atoms with Crippen LogP contribution in [0.3, 0.4) is 0 Å². The van der Waals surface area contributed by atoms with Crippen molar-refractivity contribution >= 4 is 11.7 Å².